The number of hydrogen-bond donors (Lipinski definition) is 0. The van der Waals surface area contributed by atoms with Crippen molar-refractivity contribution in [3.05, 3.63) is 71.3 Å². The summed E-state index contributed by atoms with van der Waals surface area (Å²) in [5.41, 5.74) is 1.50. The summed E-state index contributed by atoms with van der Waals surface area (Å²) < 4.78 is 15.6. The molecule has 1 unspecified atom stereocenters. The van der Waals surface area contributed by atoms with Gasteiger partial charge in [-0.2, -0.15) is 0 Å². The number of carbonyl (C=O) groups excluding carboxylic acids is 2. The van der Waals surface area contributed by atoms with Gasteiger partial charge in [0.05, 0.1) is 14.2 Å². The molecule has 5 heteroatoms. The van der Waals surface area contributed by atoms with Crippen LogP contribution in [0.15, 0.2) is 71.3 Å². The van der Waals surface area contributed by atoms with Crippen LogP contribution in [0.1, 0.15) is 6.92 Å². The zero-order valence-corrected chi connectivity index (χ0v) is 13.2. The Morgan fingerprint density at radius 2 is 1.78 bits per heavy atom. The van der Waals surface area contributed by atoms with Crippen LogP contribution in [0.25, 0.3) is 0 Å². The molecule has 1 heterocycles. The van der Waals surface area contributed by atoms with Crippen LogP contribution in [0.4, 0.5) is 0 Å². The summed E-state index contributed by atoms with van der Waals surface area (Å²) in [6.07, 6.45) is 12.5. The number of methoxy groups -OCH3 is 2. The molecule has 23 heavy (non-hydrogen) atoms. The third kappa shape index (κ3) is 4.10. The maximum atomic E-state index is 12.0. The van der Waals surface area contributed by atoms with Crippen molar-refractivity contribution in [2.24, 2.45) is 0 Å². The van der Waals surface area contributed by atoms with Crippen LogP contribution in [0.2, 0.25) is 0 Å². The topological polar surface area (TPSA) is 61.8 Å². The van der Waals surface area contributed by atoms with Crippen LogP contribution in [-0.4, -0.2) is 32.1 Å². The maximum Gasteiger partial charge on any atom is 0.331 e. The number of fused-ring (bicyclic) bond motifs is 1. The van der Waals surface area contributed by atoms with Crippen molar-refractivity contribution in [2.45, 2.75) is 13.0 Å². The molecule has 2 rings (SSSR count). The Morgan fingerprint density at radius 3 is 2.48 bits per heavy atom. The Balaban J connectivity index is 2.60. The Morgan fingerprint density at radius 1 is 1.00 bits per heavy atom. The predicted octanol–water partition coefficient (Wildman–Crippen LogP) is 2.54. The van der Waals surface area contributed by atoms with Gasteiger partial charge in [-0.15, -0.1) is 0 Å². The van der Waals surface area contributed by atoms with Gasteiger partial charge in [-0.1, -0.05) is 24.3 Å². The van der Waals surface area contributed by atoms with E-state index in [1.807, 2.05) is 6.08 Å². The van der Waals surface area contributed by atoms with Gasteiger partial charge in [0, 0.05) is 12.2 Å². The molecule has 0 aromatic carbocycles. The van der Waals surface area contributed by atoms with Crippen LogP contribution >= 0.6 is 0 Å². The number of cyclic esters (lactones) is 1. The molecule has 0 spiro atoms. The number of allylic oxidation sites excluding steroid dienone is 7. The highest BCUT2D eigenvalue weighted by molar-refractivity contribution is 6.02. The van der Waals surface area contributed by atoms with Gasteiger partial charge >= 0.3 is 5.97 Å². The van der Waals surface area contributed by atoms with Crippen molar-refractivity contribution in [2.75, 3.05) is 14.2 Å². The van der Waals surface area contributed by atoms with Crippen molar-refractivity contribution in [1.29, 1.82) is 0 Å². The monoisotopic (exact) mass is 314 g/mol. The minimum absolute atomic E-state index is 0.140. The summed E-state index contributed by atoms with van der Waals surface area (Å²) in [4.78, 5) is 23.7. The second-order valence-corrected chi connectivity index (χ2v) is 4.87. The van der Waals surface area contributed by atoms with E-state index in [1.54, 1.807) is 31.2 Å². The van der Waals surface area contributed by atoms with Crippen LogP contribution in [0.3, 0.4) is 0 Å². The third-order valence-corrected chi connectivity index (χ3v) is 3.35. The minimum atomic E-state index is -0.417. The first kappa shape index (κ1) is 16.5. The largest absolute Gasteiger partial charge is 0.497 e. The number of carbonyl (C=O) groups is 2. The first-order chi connectivity index (χ1) is 11.0. The standard InChI is InChI=1S/C18H18O5/c1-12-15-7-5-4-6-8-16(19)17(22-3)11-14(21-2)9-13(15)10-18(20)23-12/h4-12H,1-3H3/b5-4-,8-6-,14-9+,15-7-,17-11+. The SMILES string of the molecule is COC1=C/C2=CC(=O)OC(C)/C2=C/C=C\C=C/C(=O)/C(OC)=C\1. The average molecular weight is 314 g/mol. The van der Waals surface area contributed by atoms with Crippen molar-refractivity contribution in [1.82, 2.24) is 0 Å². The second-order valence-electron chi connectivity index (χ2n) is 4.87. The summed E-state index contributed by atoms with van der Waals surface area (Å²) in [5, 5.41) is 0. The zero-order chi connectivity index (χ0) is 16.8. The molecule has 0 amide bonds. The lowest BCUT2D eigenvalue weighted by atomic mass is 9.97. The highest BCUT2D eigenvalue weighted by atomic mass is 16.5. The second kappa shape index (κ2) is 7.45. The highest BCUT2D eigenvalue weighted by Crippen LogP contribution is 2.25. The van der Waals surface area contributed by atoms with Gasteiger partial charge in [-0.3, -0.25) is 4.79 Å². The average Bonchev–Trinajstić information content (AvgIpc) is 2.51. The Hall–Kier alpha value is -2.82. The normalized spacial score (nSPS) is 31.2. The fraction of sp³-hybridized carbons (Fsp3) is 0.222. The van der Waals surface area contributed by atoms with Crippen molar-refractivity contribution < 1.29 is 23.8 Å². The molecule has 2 aliphatic rings. The molecule has 0 aromatic heterocycles. The number of rotatable bonds is 2. The van der Waals surface area contributed by atoms with E-state index < -0.39 is 5.97 Å². The summed E-state index contributed by atoms with van der Waals surface area (Å²) in [7, 11) is 2.90. The lowest BCUT2D eigenvalue weighted by Gasteiger charge is -2.22. The Kier molecular flexibility index (Phi) is 5.36. The first-order valence-electron chi connectivity index (χ1n) is 7.08. The molecule has 0 saturated carbocycles. The van der Waals surface area contributed by atoms with E-state index in [0.29, 0.717) is 11.3 Å². The summed E-state index contributed by atoms with van der Waals surface area (Å²) in [6.45, 7) is 1.80. The molecule has 1 aliphatic carbocycles. The van der Waals surface area contributed by atoms with Gasteiger partial charge in [0.2, 0.25) is 5.78 Å². The van der Waals surface area contributed by atoms with Crippen LogP contribution in [-0.2, 0) is 23.8 Å². The van der Waals surface area contributed by atoms with Gasteiger partial charge in [0.15, 0.2) is 5.76 Å². The molecule has 120 valence electrons. The highest BCUT2D eigenvalue weighted by Gasteiger charge is 2.22. The predicted molar refractivity (Wildman–Crippen MR) is 85.2 cm³/mol. The molecule has 1 atom stereocenters. The molecule has 0 bridgehead atoms. The minimum Gasteiger partial charge on any atom is -0.497 e. The molecule has 1 aliphatic heterocycles. The summed E-state index contributed by atoms with van der Waals surface area (Å²) in [6, 6.07) is 0. The Bertz CT molecular complexity index is 686. The molecule has 0 aromatic rings. The van der Waals surface area contributed by atoms with E-state index in [4.69, 9.17) is 14.2 Å². The quantitative estimate of drug-likeness (QED) is 0.733. The fourth-order valence-corrected chi connectivity index (χ4v) is 2.19. The van der Waals surface area contributed by atoms with Gasteiger partial charge in [0.25, 0.3) is 0 Å². The lowest BCUT2D eigenvalue weighted by Crippen LogP contribution is -2.22. The van der Waals surface area contributed by atoms with E-state index in [9.17, 15) is 9.59 Å². The van der Waals surface area contributed by atoms with E-state index in [0.717, 1.165) is 5.57 Å². The molecular weight excluding hydrogens is 296 g/mol. The number of esters is 1. The smallest absolute Gasteiger partial charge is 0.331 e. The van der Waals surface area contributed by atoms with Crippen molar-refractivity contribution >= 4 is 11.8 Å². The Labute approximate surface area is 134 Å². The molecule has 0 N–H and O–H groups in total. The number of ether oxygens (including phenoxy) is 3. The van der Waals surface area contributed by atoms with Crippen molar-refractivity contribution in [3.8, 4) is 0 Å². The molecular formula is C18H18O5. The van der Waals surface area contributed by atoms with Crippen LogP contribution in [0, 0.1) is 0 Å². The molecule has 0 radical (unpaired) electrons. The van der Waals surface area contributed by atoms with Crippen LogP contribution < -0.4 is 0 Å². The molecule has 0 fully saturated rings. The number of ketones is 1. The van der Waals surface area contributed by atoms with E-state index in [2.05, 4.69) is 0 Å². The summed E-state index contributed by atoms with van der Waals surface area (Å²) in [5.74, 6) is -0.164. The van der Waals surface area contributed by atoms with Crippen molar-refractivity contribution in [3.63, 3.8) is 0 Å². The summed E-state index contributed by atoms with van der Waals surface area (Å²) >= 11 is 0. The molecule has 0 saturated heterocycles. The fourth-order valence-electron chi connectivity index (χ4n) is 2.19. The van der Waals surface area contributed by atoms with Gasteiger partial charge in [-0.05, 0) is 30.2 Å². The zero-order valence-electron chi connectivity index (χ0n) is 13.2. The van der Waals surface area contributed by atoms with Gasteiger partial charge in [-0.25, -0.2) is 4.79 Å². The van der Waals surface area contributed by atoms with Gasteiger partial charge in [0.1, 0.15) is 11.9 Å². The first-order valence-corrected chi connectivity index (χ1v) is 7.08. The lowest BCUT2D eigenvalue weighted by molar-refractivity contribution is -0.141. The van der Waals surface area contributed by atoms with E-state index >= 15 is 0 Å². The van der Waals surface area contributed by atoms with E-state index in [1.165, 1.54) is 32.4 Å². The number of hydrogen-bond acceptors (Lipinski definition) is 5. The van der Waals surface area contributed by atoms with E-state index in [-0.39, 0.29) is 17.6 Å². The van der Waals surface area contributed by atoms with Gasteiger partial charge < -0.3 is 14.2 Å². The maximum absolute atomic E-state index is 12.0. The molecule has 5 nitrogen and oxygen atoms in total. The van der Waals surface area contributed by atoms with Crippen LogP contribution in [0.5, 0.6) is 0 Å². The third-order valence-electron chi connectivity index (χ3n) is 3.35.